The summed E-state index contributed by atoms with van der Waals surface area (Å²) < 4.78 is 13.5. The summed E-state index contributed by atoms with van der Waals surface area (Å²) in [7, 11) is 0. The Bertz CT molecular complexity index is 749. The van der Waals surface area contributed by atoms with E-state index < -0.39 is 0 Å². The summed E-state index contributed by atoms with van der Waals surface area (Å²) in [6, 6.07) is 14.5. The van der Waals surface area contributed by atoms with E-state index in [1.54, 1.807) is 6.07 Å². The molecule has 5 heteroatoms. The third-order valence-electron chi connectivity index (χ3n) is 4.72. The van der Waals surface area contributed by atoms with Crippen LogP contribution in [-0.4, -0.2) is 36.1 Å². The van der Waals surface area contributed by atoms with E-state index in [4.69, 9.17) is 5.73 Å². The first-order valence-electron chi connectivity index (χ1n) is 8.73. The number of likely N-dealkylation sites (tertiary alicyclic amines) is 1. The van der Waals surface area contributed by atoms with Crippen LogP contribution >= 0.6 is 0 Å². The lowest BCUT2D eigenvalue weighted by atomic mass is 9.97. The third kappa shape index (κ3) is 3.99. The van der Waals surface area contributed by atoms with Gasteiger partial charge in [-0.05, 0) is 48.6 Å². The third-order valence-corrected chi connectivity index (χ3v) is 4.72. The van der Waals surface area contributed by atoms with Gasteiger partial charge in [-0.25, -0.2) is 9.18 Å². The molecule has 0 aromatic heterocycles. The molecule has 0 saturated carbocycles. The minimum atomic E-state index is -0.247. The van der Waals surface area contributed by atoms with E-state index in [0.29, 0.717) is 19.5 Å². The Morgan fingerprint density at radius 1 is 1.24 bits per heavy atom. The molecule has 2 atom stereocenters. The molecule has 0 radical (unpaired) electrons. The van der Waals surface area contributed by atoms with Crippen molar-refractivity contribution in [1.82, 2.24) is 10.2 Å². The Morgan fingerprint density at radius 3 is 2.68 bits per heavy atom. The summed E-state index contributed by atoms with van der Waals surface area (Å²) in [6.07, 6.45) is 1.51. The fourth-order valence-corrected chi connectivity index (χ4v) is 3.43. The number of nitrogens with one attached hydrogen (secondary N) is 1. The summed E-state index contributed by atoms with van der Waals surface area (Å²) in [5.41, 5.74) is 9.16. The summed E-state index contributed by atoms with van der Waals surface area (Å²) in [5.74, 6) is -0.247. The molecule has 1 fully saturated rings. The van der Waals surface area contributed by atoms with Crippen LogP contribution in [0.15, 0.2) is 48.5 Å². The number of benzene rings is 2. The van der Waals surface area contributed by atoms with Gasteiger partial charge in [-0.1, -0.05) is 36.4 Å². The van der Waals surface area contributed by atoms with Crippen molar-refractivity contribution >= 4 is 6.03 Å². The van der Waals surface area contributed by atoms with E-state index in [2.05, 4.69) is 11.4 Å². The smallest absolute Gasteiger partial charge is 0.317 e. The van der Waals surface area contributed by atoms with Gasteiger partial charge in [-0.3, -0.25) is 0 Å². The second kappa shape index (κ2) is 7.66. The van der Waals surface area contributed by atoms with Gasteiger partial charge in [-0.2, -0.15) is 0 Å². The summed E-state index contributed by atoms with van der Waals surface area (Å²) in [4.78, 5) is 14.1. The number of urea groups is 1. The van der Waals surface area contributed by atoms with Crippen molar-refractivity contribution in [2.24, 2.45) is 5.73 Å². The fourth-order valence-electron chi connectivity index (χ4n) is 3.43. The molecule has 4 nitrogen and oxygen atoms in total. The second-order valence-corrected chi connectivity index (χ2v) is 6.46. The molecule has 2 amide bonds. The minimum absolute atomic E-state index is 0.0192. The standard InChI is InChI=1S/C20H24FN3O/c1-2-23-20(25)24-10-9-18(22)19(24)12-14-5-3-6-15(11-14)16-7-4-8-17(21)13-16/h3-8,11,13,18-19H,2,9-10,12,22H2,1H3,(H,23,25). The van der Waals surface area contributed by atoms with Crippen LogP contribution in [0, 0.1) is 5.82 Å². The SMILES string of the molecule is CCNC(=O)N1CCC(N)C1Cc1cccc(-c2cccc(F)c2)c1. The zero-order valence-corrected chi connectivity index (χ0v) is 14.4. The van der Waals surface area contributed by atoms with Gasteiger partial charge in [0.15, 0.2) is 0 Å². The zero-order valence-electron chi connectivity index (χ0n) is 14.4. The normalized spacial score (nSPS) is 19.9. The molecule has 132 valence electrons. The number of hydrogen-bond acceptors (Lipinski definition) is 2. The first-order chi connectivity index (χ1) is 12.1. The van der Waals surface area contributed by atoms with Gasteiger partial charge in [0.25, 0.3) is 0 Å². The van der Waals surface area contributed by atoms with Crippen molar-refractivity contribution in [1.29, 1.82) is 0 Å². The predicted octanol–water partition coefficient (Wildman–Crippen LogP) is 3.17. The maximum Gasteiger partial charge on any atom is 0.317 e. The van der Waals surface area contributed by atoms with Crippen LogP contribution in [0.3, 0.4) is 0 Å². The van der Waals surface area contributed by atoms with E-state index >= 15 is 0 Å². The van der Waals surface area contributed by atoms with Crippen molar-refractivity contribution < 1.29 is 9.18 Å². The number of amides is 2. The Balaban J connectivity index is 1.80. The molecular formula is C20H24FN3O. The van der Waals surface area contributed by atoms with Crippen molar-refractivity contribution in [3.8, 4) is 11.1 Å². The van der Waals surface area contributed by atoms with Crippen LogP contribution in [0.1, 0.15) is 18.9 Å². The first-order valence-corrected chi connectivity index (χ1v) is 8.73. The number of hydrogen-bond donors (Lipinski definition) is 2. The number of carbonyl (C=O) groups excluding carboxylic acids is 1. The second-order valence-electron chi connectivity index (χ2n) is 6.46. The van der Waals surface area contributed by atoms with Gasteiger partial charge in [0.2, 0.25) is 0 Å². The summed E-state index contributed by atoms with van der Waals surface area (Å²) in [6.45, 7) is 3.19. The van der Waals surface area contributed by atoms with Crippen LogP contribution < -0.4 is 11.1 Å². The summed E-state index contributed by atoms with van der Waals surface area (Å²) in [5, 5.41) is 2.86. The van der Waals surface area contributed by atoms with Crippen LogP contribution in [0.5, 0.6) is 0 Å². The molecule has 1 aliphatic rings. The fraction of sp³-hybridized carbons (Fsp3) is 0.350. The number of carbonyl (C=O) groups is 1. The summed E-state index contributed by atoms with van der Waals surface area (Å²) >= 11 is 0. The molecule has 25 heavy (non-hydrogen) atoms. The Morgan fingerprint density at radius 2 is 1.96 bits per heavy atom. The Hall–Kier alpha value is -2.40. The van der Waals surface area contributed by atoms with E-state index in [1.165, 1.54) is 12.1 Å². The highest BCUT2D eigenvalue weighted by Crippen LogP contribution is 2.25. The van der Waals surface area contributed by atoms with Crippen molar-refractivity contribution in [2.75, 3.05) is 13.1 Å². The average Bonchev–Trinajstić information content (AvgIpc) is 2.96. The van der Waals surface area contributed by atoms with Crippen molar-refractivity contribution in [3.05, 3.63) is 59.9 Å². The van der Waals surface area contributed by atoms with Gasteiger partial charge in [-0.15, -0.1) is 0 Å². The topological polar surface area (TPSA) is 58.4 Å². The highest BCUT2D eigenvalue weighted by molar-refractivity contribution is 5.75. The average molecular weight is 341 g/mol. The monoisotopic (exact) mass is 341 g/mol. The number of nitrogens with zero attached hydrogens (tertiary/aromatic N) is 1. The molecule has 1 heterocycles. The molecule has 2 aromatic rings. The molecule has 2 aromatic carbocycles. The quantitative estimate of drug-likeness (QED) is 0.897. The largest absolute Gasteiger partial charge is 0.338 e. The van der Waals surface area contributed by atoms with Crippen molar-refractivity contribution in [3.63, 3.8) is 0 Å². The van der Waals surface area contributed by atoms with Gasteiger partial charge < -0.3 is 16.0 Å². The zero-order chi connectivity index (χ0) is 17.8. The number of nitrogens with two attached hydrogens (primary N) is 1. The molecule has 3 rings (SSSR count). The first kappa shape index (κ1) is 17.4. The van der Waals surface area contributed by atoms with Crippen LogP contribution in [-0.2, 0) is 6.42 Å². The van der Waals surface area contributed by atoms with Gasteiger partial charge in [0.1, 0.15) is 5.82 Å². The number of halogens is 1. The molecule has 1 aliphatic heterocycles. The molecule has 0 bridgehead atoms. The Kier molecular flexibility index (Phi) is 5.34. The lowest BCUT2D eigenvalue weighted by Crippen LogP contribution is -2.48. The predicted molar refractivity (Wildman–Crippen MR) is 97.7 cm³/mol. The highest BCUT2D eigenvalue weighted by atomic mass is 19.1. The van der Waals surface area contributed by atoms with Crippen LogP contribution in [0.2, 0.25) is 0 Å². The molecule has 2 unspecified atom stereocenters. The van der Waals surface area contributed by atoms with E-state index in [9.17, 15) is 9.18 Å². The molecule has 1 saturated heterocycles. The maximum atomic E-state index is 13.5. The van der Waals surface area contributed by atoms with E-state index in [1.807, 2.05) is 36.1 Å². The Labute approximate surface area is 147 Å². The lowest BCUT2D eigenvalue weighted by molar-refractivity contribution is 0.190. The van der Waals surface area contributed by atoms with Gasteiger partial charge in [0.05, 0.1) is 6.04 Å². The van der Waals surface area contributed by atoms with Gasteiger partial charge >= 0.3 is 6.03 Å². The van der Waals surface area contributed by atoms with Crippen LogP contribution in [0.25, 0.3) is 11.1 Å². The maximum absolute atomic E-state index is 13.5. The van der Waals surface area contributed by atoms with Crippen LogP contribution in [0.4, 0.5) is 9.18 Å². The van der Waals surface area contributed by atoms with Crippen molar-refractivity contribution in [2.45, 2.75) is 31.8 Å². The highest BCUT2D eigenvalue weighted by Gasteiger charge is 2.34. The van der Waals surface area contributed by atoms with E-state index in [-0.39, 0.29) is 23.9 Å². The number of rotatable bonds is 4. The van der Waals surface area contributed by atoms with E-state index in [0.717, 1.165) is 23.1 Å². The molecular weight excluding hydrogens is 317 g/mol. The molecule has 3 N–H and O–H groups in total. The lowest BCUT2D eigenvalue weighted by Gasteiger charge is -2.27. The molecule has 0 aliphatic carbocycles. The molecule has 0 spiro atoms. The van der Waals surface area contributed by atoms with Gasteiger partial charge in [0, 0.05) is 19.1 Å². The minimum Gasteiger partial charge on any atom is -0.338 e.